The van der Waals surface area contributed by atoms with Gasteiger partial charge in [-0.25, -0.2) is 50.5 Å². The number of phenolic OH excluding ortho intramolecular Hbond substituents is 1. The van der Waals surface area contributed by atoms with E-state index in [0.717, 1.165) is 36.4 Å². The molecule has 340 valence electrons. The van der Waals surface area contributed by atoms with Gasteiger partial charge >= 0.3 is 148 Å². The average Bonchev–Trinajstić information content (AvgIpc) is 3.14. The van der Waals surface area contributed by atoms with Crippen LogP contribution in [0.3, 0.4) is 0 Å². The Morgan fingerprint density at radius 2 is 1.16 bits per heavy atom. The van der Waals surface area contributed by atoms with Gasteiger partial charge in [-0.05, 0) is 77.7 Å². The number of hydrogen-bond acceptors (Lipinski definition) is 26. The number of aromatic nitrogens is 3. The molecule has 69 heavy (non-hydrogen) atoms. The second-order valence-corrected chi connectivity index (χ2v) is 21.5. The SMILES string of the molecule is O=S(=O)([O-])OCCS(=O)(=O)c1ccc(Nc2nc(Cl)nc(Nc3cc4c(S(=O)(=O)[O-])cccc4c(S(=O)(=O)[O-])c3N=Nc3cc(S(=O)(=O)[O-])cc4cc(S(=O)(=O)[O-])cc(O)c34)n2)cc1.[Na+].[Na+].[Na+].[Na+].[Na+]. The molecular weight excluding hydrogens is 1120 g/mol. The number of azo groups is 1. The van der Waals surface area contributed by atoms with E-state index in [1.54, 1.807) is 0 Å². The first-order valence-corrected chi connectivity index (χ1v) is 25.4. The predicted octanol–water partition coefficient (Wildman–Crippen LogP) is -12.7. The molecule has 5 aromatic carbocycles. The summed E-state index contributed by atoms with van der Waals surface area (Å²) in [5.74, 6) is -3.03. The van der Waals surface area contributed by atoms with Crippen LogP contribution in [0.2, 0.25) is 5.28 Å². The molecule has 0 radical (unpaired) electrons. The molecule has 6 rings (SSSR count). The summed E-state index contributed by atoms with van der Waals surface area (Å²) in [5, 5.41) is 20.2. The van der Waals surface area contributed by atoms with E-state index >= 15 is 0 Å². The number of anilines is 4. The molecule has 38 heteroatoms. The van der Waals surface area contributed by atoms with Crippen LogP contribution >= 0.6 is 11.6 Å². The molecule has 0 saturated carbocycles. The Morgan fingerprint density at radius 3 is 1.68 bits per heavy atom. The summed E-state index contributed by atoms with van der Waals surface area (Å²) in [6.45, 7) is -0.970. The van der Waals surface area contributed by atoms with Crippen molar-refractivity contribution in [2.45, 2.75) is 24.5 Å². The number of halogens is 1. The Morgan fingerprint density at radius 1 is 0.609 bits per heavy atom. The second-order valence-electron chi connectivity index (χ2n) is 12.5. The van der Waals surface area contributed by atoms with Gasteiger partial charge < -0.3 is 38.5 Å². The summed E-state index contributed by atoms with van der Waals surface area (Å²) in [5.41, 5.74) is -2.55. The number of nitrogens with one attached hydrogen (secondary N) is 2. The number of rotatable bonds is 15. The number of benzene rings is 5. The quantitative estimate of drug-likeness (QED) is 0.0372. The van der Waals surface area contributed by atoms with E-state index in [-0.39, 0.29) is 158 Å². The smallest absolute Gasteiger partial charge is 0.744 e. The summed E-state index contributed by atoms with van der Waals surface area (Å²) < 4.78 is 208. The van der Waals surface area contributed by atoms with E-state index in [0.29, 0.717) is 24.3 Å². The Labute approximate surface area is 507 Å². The Hall–Kier alpha value is -0.620. The first-order valence-electron chi connectivity index (χ1n) is 16.5. The number of sulfone groups is 1. The largest absolute Gasteiger partial charge is 1.00 e. The predicted molar refractivity (Wildman–Crippen MR) is 211 cm³/mol. The first kappa shape index (κ1) is 66.4. The van der Waals surface area contributed by atoms with Crippen LogP contribution in [0.4, 0.5) is 34.6 Å². The summed E-state index contributed by atoms with van der Waals surface area (Å²) in [6.07, 6.45) is 0. The van der Waals surface area contributed by atoms with Gasteiger partial charge in [-0.1, -0.05) is 12.1 Å². The van der Waals surface area contributed by atoms with Gasteiger partial charge in [-0.2, -0.15) is 15.0 Å². The van der Waals surface area contributed by atoms with Crippen LogP contribution in [-0.4, -0.2) is 106 Å². The molecular formula is C31H19ClN7Na5O19S6. The van der Waals surface area contributed by atoms with Gasteiger partial charge in [0, 0.05) is 16.5 Å². The second kappa shape index (κ2) is 25.3. The zero-order valence-corrected chi connectivity index (χ0v) is 51.4. The zero-order valence-electron chi connectivity index (χ0n) is 35.7. The maximum atomic E-state index is 13.0. The third kappa shape index (κ3) is 16.9. The van der Waals surface area contributed by atoms with Gasteiger partial charge in [0.25, 0.3) is 0 Å². The van der Waals surface area contributed by atoms with Crippen LogP contribution in [0.5, 0.6) is 5.75 Å². The van der Waals surface area contributed by atoms with Crippen LogP contribution < -0.4 is 158 Å². The average molecular weight is 1140 g/mol. The number of fused-ring (bicyclic) bond motifs is 2. The minimum absolute atomic E-state index is 0. The van der Waals surface area contributed by atoms with E-state index < -0.39 is 154 Å². The van der Waals surface area contributed by atoms with E-state index in [9.17, 15) is 78.4 Å². The van der Waals surface area contributed by atoms with Crippen LogP contribution in [0.25, 0.3) is 21.5 Å². The zero-order chi connectivity index (χ0) is 47.4. The molecule has 0 saturated heterocycles. The summed E-state index contributed by atoms with van der Waals surface area (Å²) in [6, 6.07) is 9.89. The number of phenols is 1. The van der Waals surface area contributed by atoms with Gasteiger partial charge in [0.1, 0.15) is 51.9 Å². The molecule has 0 atom stereocenters. The molecule has 6 aromatic rings. The third-order valence-electron chi connectivity index (χ3n) is 8.28. The van der Waals surface area contributed by atoms with Crippen molar-refractivity contribution in [3.63, 3.8) is 0 Å². The van der Waals surface area contributed by atoms with Crippen molar-refractivity contribution < 1.29 is 230 Å². The summed E-state index contributed by atoms with van der Waals surface area (Å²) in [4.78, 5) is 6.73. The number of aromatic hydroxyl groups is 1. The van der Waals surface area contributed by atoms with E-state index in [1.165, 1.54) is 12.1 Å². The Kier molecular flexibility index (Phi) is 24.3. The Balaban J connectivity index is 0.00000476. The molecule has 0 aliphatic heterocycles. The van der Waals surface area contributed by atoms with Crippen molar-refractivity contribution >= 4 is 129 Å². The Bertz CT molecular complexity index is 3680. The third-order valence-corrected chi connectivity index (χ3v) is 14.0. The van der Waals surface area contributed by atoms with E-state index in [1.807, 2.05) is 0 Å². The van der Waals surface area contributed by atoms with Crippen molar-refractivity contribution in [2.75, 3.05) is 23.0 Å². The maximum Gasteiger partial charge on any atom is 1.00 e. The molecule has 0 aliphatic rings. The monoisotopic (exact) mass is 1130 g/mol. The van der Waals surface area contributed by atoms with Crippen LogP contribution in [-0.2, 0) is 64.9 Å². The number of nitrogens with zero attached hydrogens (tertiary/aromatic N) is 5. The van der Waals surface area contributed by atoms with Gasteiger partial charge in [-0.3, -0.25) is 4.18 Å². The fraction of sp³-hybridized carbons (Fsp3) is 0.0645. The molecule has 1 aromatic heterocycles. The van der Waals surface area contributed by atoms with Gasteiger partial charge in [0.15, 0.2) is 9.84 Å². The molecule has 0 amide bonds. The van der Waals surface area contributed by atoms with Crippen molar-refractivity contribution in [1.82, 2.24) is 15.0 Å². The molecule has 1 heterocycles. The normalized spacial score (nSPS) is 12.2. The van der Waals surface area contributed by atoms with Crippen LogP contribution in [0.1, 0.15) is 0 Å². The molecule has 3 N–H and O–H groups in total. The number of hydrogen-bond donors (Lipinski definition) is 3. The molecule has 0 aliphatic carbocycles. The van der Waals surface area contributed by atoms with Crippen LogP contribution in [0.15, 0.2) is 108 Å². The standard InChI is InChI=1S/C31H24ClN7O19S6.5Na/c32-29-35-30(33-16-4-6-17(7-5-16)59(41,42)9-8-58-64(55,56)57)37-31(36-29)34-23-14-21-20(2-1-3-25(21)62(49,50)51)28(63(52,53)54)27(23)39-38-22-12-18(60(43,44)45)10-15-11-19(61(46,47)48)13-24(40)26(15)22;;;;;/h1-7,10-14,40H,8-9H2,(H,43,44,45)(H,46,47,48)(H,49,50,51)(H,52,53,54)(H,55,56,57)(H2,33,34,35,36,37);;;;;/q;5*+1/p-5. The fourth-order valence-corrected chi connectivity index (χ4v) is 9.94. The summed E-state index contributed by atoms with van der Waals surface area (Å²) in [7, 11) is -31.4. The van der Waals surface area contributed by atoms with E-state index in [2.05, 4.69) is 40.0 Å². The van der Waals surface area contributed by atoms with Crippen molar-refractivity contribution in [3.05, 3.63) is 78.1 Å². The molecule has 0 bridgehead atoms. The van der Waals surface area contributed by atoms with Crippen molar-refractivity contribution in [1.29, 1.82) is 0 Å². The maximum absolute atomic E-state index is 13.0. The van der Waals surface area contributed by atoms with Gasteiger partial charge in [-0.15, -0.1) is 10.2 Å². The summed E-state index contributed by atoms with van der Waals surface area (Å²) >= 11 is 6.11. The first-order chi connectivity index (χ1) is 29.4. The van der Waals surface area contributed by atoms with Crippen LogP contribution in [0, 0.1) is 0 Å². The van der Waals surface area contributed by atoms with Crippen molar-refractivity contribution in [3.8, 4) is 5.75 Å². The van der Waals surface area contributed by atoms with E-state index in [4.69, 9.17) is 11.6 Å². The van der Waals surface area contributed by atoms with Gasteiger partial charge in [0.2, 0.25) is 27.6 Å². The molecule has 26 nitrogen and oxygen atoms in total. The molecule has 0 fully saturated rings. The molecule has 0 spiro atoms. The molecule has 0 unspecified atom stereocenters. The van der Waals surface area contributed by atoms with Gasteiger partial charge in [0.05, 0.1) is 53.6 Å². The topological polar surface area (TPSA) is 437 Å². The minimum atomic E-state index is -5.85. The fourth-order valence-electron chi connectivity index (χ4n) is 5.73. The van der Waals surface area contributed by atoms with Crippen molar-refractivity contribution in [2.24, 2.45) is 10.2 Å². The minimum Gasteiger partial charge on any atom is -0.744 e.